The molecule has 35 heavy (non-hydrogen) atoms. The number of aryl methyl sites for hydroxylation is 2. The van der Waals surface area contributed by atoms with E-state index in [0.717, 1.165) is 11.3 Å². The summed E-state index contributed by atoms with van der Waals surface area (Å²) in [5, 5.41) is 3.44. The van der Waals surface area contributed by atoms with Gasteiger partial charge in [-0.25, -0.2) is 15.2 Å². The Labute approximate surface area is 205 Å². The summed E-state index contributed by atoms with van der Waals surface area (Å²) in [5.41, 5.74) is 6.79. The summed E-state index contributed by atoms with van der Waals surface area (Å²) in [6.07, 6.45) is 0. The van der Waals surface area contributed by atoms with Crippen LogP contribution in [-0.4, -0.2) is 28.1 Å². The Hall–Kier alpha value is -4.37. The van der Waals surface area contributed by atoms with Gasteiger partial charge in [-0.2, -0.15) is 0 Å². The van der Waals surface area contributed by atoms with Gasteiger partial charge < -0.3 is 10.1 Å². The number of hydrogen-bond donors (Lipinski definition) is 3. The van der Waals surface area contributed by atoms with Gasteiger partial charge in [0.1, 0.15) is 17.1 Å². The number of carbonyl (C=O) groups is 2. The predicted molar refractivity (Wildman–Crippen MR) is 134 cm³/mol. The first-order chi connectivity index (χ1) is 16.8. The smallest absolute Gasteiger partial charge is 0.337 e. The summed E-state index contributed by atoms with van der Waals surface area (Å²) in [5.74, 6) is 0.163. The van der Waals surface area contributed by atoms with E-state index in [-0.39, 0.29) is 11.3 Å². The van der Waals surface area contributed by atoms with Gasteiger partial charge in [0.25, 0.3) is 11.5 Å². The largest absolute Gasteiger partial charge is 0.481 e. The lowest BCUT2D eigenvalue weighted by Crippen LogP contribution is -2.45. The summed E-state index contributed by atoms with van der Waals surface area (Å²) in [7, 11) is 0. The highest BCUT2D eigenvalue weighted by Crippen LogP contribution is 2.23. The number of ether oxygens (including phenoxy) is 1. The number of hydrazine groups is 1. The van der Waals surface area contributed by atoms with Gasteiger partial charge in [-0.05, 0) is 61.9 Å². The van der Waals surface area contributed by atoms with Gasteiger partial charge in [0.2, 0.25) is 0 Å². The minimum absolute atomic E-state index is 0.239. The van der Waals surface area contributed by atoms with Crippen molar-refractivity contribution in [3.8, 4) is 11.4 Å². The third kappa shape index (κ3) is 5.42. The van der Waals surface area contributed by atoms with E-state index in [1.165, 1.54) is 0 Å². The maximum absolute atomic E-state index is 13.3. The minimum Gasteiger partial charge on any atom is -0.481 e. The van der Waals surface area contributed by atoms with Gasteiger partial charge in [0, 0.05) is 10.7 Å². The van der Waals surface area contributed by atoms with Gasteiger partial charge in [-0.1, -0.05) is 35.9 Å². The Balaban J connectivity index is 1.44. The fourth-order valence-electron chi connectivity index (χ4n) is 3.51. The molecule has 1 heterocycles. The van der Waals surface area contributed by atoms with Gasteiger partial charge in [-0.15, -0.1) is 0 Å². The monoisotopic (exact) mass is 491 g/mol. The number of para-hydroxylation sites is 2. The van der Waals surface area contributed by atoms with E-state index in [2.05, 4.69) is 21.2 Å². The second-order valence-electron chi connectivity index (χ2n) is 7.66. The number of nitrogens with one attached hydrogen (secondary N) is 3. The van der Waals surface area contributed by atoms with Crippen molar-refractivity contribution in [2.75, 3.05) is 11.9 Å². The quantitative estimate of drug-likeness (QED) is 0.366. The molecule has 0 unspecified atom stereocenters. The van der Waals surface area contributed by atoms with E-state index in [0.29, 0.717) is 27.4 Å². The van der Waals surface area contributed by atoms with Crippen molar-refractivity contribution in [2.45, 2.75) is 13.8 Å². The van der Waals surface area contributed by atoms with Crippen LogP contribution < -0.4 is 26.5 Å². The first kappa shape index (κ1) is 23.8. The molecule has 4 rings (SSSR count). The second-order valence-corrected chi connectivity index (χ2v) is 8.10. The molecule has 3 aromatic carbocycles. The standard InChI is InChI=1S/C25H22ClN5O4/c1-15-6-3-4-8-20(15)31-16(2)27-23-19(24(31)33)7-5-9-21(23)35-14-22(32)29-30-25(34)28-18-12-10-17(26)11-13-18/h3-13H,14H2,1-2H3,(H,29,32)(H2,28,30,34). The molecular formula is C25H22ClN5O4. The maximum Gasteiger partial charge on any atom is 0.337 e. The lowest BCUT2D eigenvalue weighted by Gasteiger charge is -2.15. The van der Waals surface area contributed by atoms with Crippen LogP contribution in [0.1, 0.15) is 11.4 Å². The average Bonchev–Trinajstić information content (AvgIpc) is 2.84. The number of fused-ring (bicyclic) bond motifs is 1. The lowest BCUT2D eigenvalue weighted by molar-refractivity contribution is -0.123. The molecule has 178 valence electrons. The molecule has 0 fully saturated rings. The number of halogens is 1. The number of anilines is 1. The lowest BCUT2D eigenvalue weighted by atomic mass is 10.1. The highest BCUT2D eigenvalue weighted by molar-refractivity contribution is 6.30. The molecule has 0 radical (unpaired) electrons. The van der Waals surface area contributed by atoms with Gasteiger partial charge >= 0.3 is 6.03 Å². The molecule has 0 aliphatic heterocycles. The molecule has 10 heteroatoms. The Morgan fingerprint density at radius 1 is 0.971 bits per heavy atom. The summed E-state index contributed by atoms with van der Waals surface area (Å²) >= 11 is 5.81. The summed E-state index contributed by atoms with van der Waals surface area (Å²) < 4.78 is 7.17. The third-order valence-electron chi connectivity index (χ3n) is 5.16. The number of benzene rings is 3. The Morgan fingerprint density at radius 3 is 2.46 bits per heavy atom. The van der Waals surface area contributed by atoms with Crippen molar-refractivity contribution in [1.29, 1.82) is 0 Å². The second kappa shape index (κ2) is 10.3. The number of urea groups is 1. The number of nitrogens with zero attached hydrogens (tertiary/aromatic N) is 2. The van der Waals surface area contributed by atoms with Crippen LogP contribution in [0.2, 0.25) is 5.02 Å². The molecule has 4 aromatic rings. The molecule has 0 aliphatic rings. The number of aromatic nitrogens is 2. The summed E-state index contributed by atoms with van der Waals surface area (Å²) in [6.45, 7) is 3.26. The van der Waals surface area contributed by atoms with Crippen molar-refractivity contribution < 1.29 is 14.3 Å². The van der Waals surface area contributed by atoms with E-state index >= 15 is 0 Å². The van der Waals surface area contributed by atoms with Crippen LogP contribution in [0.15, 0.2) is 71.5 Å². The van der Waals surface area contributed by atoms with Crippen LogP contribution in [-0.2, 0) is 4.79 Å². The van der Waals surface area contributed by atoms with Crippen molar-refractivity contribution in [3.05, 3.63) is 93.5 Å². The number of hydrogen-bond acceptors (Lipinski definition) is 5. The van der Waals surface area contributed by atoms with E-state index in [4.69, 9.17) is 16.3 Å². The number of carbonyl (C=O) groups excluding carboxylic acids is 2. The van der Waals surface area contributed by atoms with Gasteiger partial charge in [0.15, 0.2) is 6.61 Å². The molecule has 9 nitrogen and oxygen atoms in total. The zero-order valence-electron chi connectivity index (χ0n) is 19.0. The Morgan fingerprint density at radius 2 is 1.71 bits per heavy atom. The Bertz CT molecular complexity index is 1470. The van der Waals surface area contributed by atoms with Gasteiger partial charge in [0.05, 0.1) is 11.1 Å². The van der Waals surface area contributed by atoms with Crippen LogP contribution >= 0.6 is 11.6 Å². The molecule has 1 aromatic heterocycles. The molecule has 0 spiro atoms. The molecule has 3 N–H and O–H groups in total. The highest BCUT2D eigenvalue weighted by Gasteiger charge is 2.15. The van der Waals surface area contributed by atoms with Crippen LogP contribution in [0.4, 0.5) is 10.5 Å². The van der Waals surface area contributed by atoms with Crippen LogP contribution in [0.5, 0.6) is 5.75 Å². The molecule has 0 bridgehead atoms. The van der Waals surface area contributed by atoms with Crippen LogP contribution in [0.3, 0.4) is 0 Å². The zero-order valence-corrected chi connectivity index (χ0v) is 19.7. The topological polar surface area (TPSA) is 114 Å². The van der Waals surface area contributed by atoms with Crippen LogP contribution in [0, 0.1) is 13.8 Å². The van der Waals surface area contributed by atoms with Crippen molar-refractivity contribution in [2.24, 2.45) is 0 Å². The normalized spacial score (nSPS) is 10.6. The molecular weight excluding hydrogens is 470 g/mol. The fraction of sp³-hybridized carbons (Fsp3) is 0.120. The zero-order chi connectivity index (χ0) is 24.9. The molecule has 0 saturated carbocycles. The molecule has 0 atom stereocenters. The minimum atomic E-state index is -0.639. The Kier molecular flexibility index (Phi) is 6.98. The molecule has 0 aliphatic carbocycles. The van der Waals surface area contributed by atoms with Gasteiger partial charge in [-0.3, -0.25) is 19.6 Å². The first-order valence-electron chi connectivity index (χ1n) is 10.7. The van der Waals surface area contributed by atoms with E-state index in [1.807, 2.05) is 31.2 Å². The van der Waals surface area contributed by atoms with Crippen molar-refractivity contribution in [1.82, 2.24) is 20.4 Å². The van der Waals surface area contributed by atoms with E-state index in [1.54, 1.807) is 54.0 Å². The first-order valence-corrected chi connectivity index (χ1v) is 11.0. The van der Waals surface area contributed by atoms with Crippen molar-refractivity contribution >= 4 is 40.1 Å². The highest BCUT2D eigenvalue weighted by atomic mass is 35.5. The van der Waals surface area contributed by atoms with E-state index in [9.17, 15) is 14.4 Å². The SMILES string of the molecule is Cc1ccccc1-n1c(C)nc2c(OCC(=O)NNC(=O)Nc3ccc(Cl)cc3)cccc2c1=O. The fourth-order valence-corrected chi connectivity index (χ4v) is 3.63. The number of rotatable bonds is 5. The average molecular weight is 492 g/mol. The van der Waals surface area contributed by atoms with Crippen LogP contribution in [0.25, 0.3) is 16.6 Å². The van der Waals surface area contributed by atoms with E-state index < -0.39 is 18.5 Å². The third-order valence-corrected chi connectivity index (χ3v) is 5.41. The molecule has 3 amide bonds. The molecule has 0 saturated heterocycles. The number of amides is 3. The predicted octanol–water partition coefficient (Wildman–Crippen LogP) is 3.89. The maximum atomic E-state index is 13.3. The summed E-state index contributed by atoms with van der Waals surface area (Å²) in [4.78, 5) is 42.0. The summed E-state index contributed by atoms with van der Waals surface area (Å²) in [6, 6.07) is 18.3. The van der Waals surface area contributed by atoms with Crippen molar-refractivity contribution in [3.63, 3.8) is 0 Å².